The van der Waals surface area contributed by atoms with Crippen LogP contribution in [0.2, 0.25) is 5.15 Å². The molecule has 3 rings (SSSR count). The smallest absolute Gasteiger partial charge is 0.230 e. The summed E-state index contributed by atoms with van der Waals surface area (Å²) in [4.78, 5) is 18.6. The largest absolute Gasteiger partial charge is 0.340 e. The first-order valence-electron chi connectivity index (χ1n) is 9.27. The van der Waals surface area contributed by atoms with Gasteiger partial charge in [0, 0.05) is 29.9 Å². The standard InChI is InChI=1S/C23H25ClN2O/c1-16-6-5-7-17(8-9-18-12-13-25-21(24)14-18)10-11-19(16)20-15-23(2,3)26(4)22(20)27/h5,7,10-14,16,20H,6,15H2,1-4H3. The molecule has 0 spiro atoms. The van der Waals surface area contributed by atoms with Crippen LogP contribution in [-0.4, -0.2) is 28.4 Å². The summed E-state index contributed by atoms with van der Waals surface area (Å²) in [6.07, 6.45) is 11.7. The van der Waals surface area contributed by atoms with E-state index in [0.717, 1.165) is 24.0 Å². The van der Waals surface area contributed by atoms with Gasteiger partial charge >= 0.3 is 0 Å². The highest BCUT2D eigenvalue weighted by molar-refractivity contribution is 6.29. The summed E-state index contributed by atoms with van der Waals surface area (Å²) in [5, 5.41) is 0.437. The van der Waals surface area contributed by atoms with Gasteiger partial charge in [-0.1, -0.05) is 54.2 Å². The third-order valence-corrected chi connectivity index (χ3v) is 5.74. The van der Waals surface area contributed by atoms with Crippen LogP contribution in [0.3, 0.4) is 0 Å². The minimum Gasteiger partial charge on any atom is -0.340 e. The van der Waals surface area contributed by atoms with E-state index in [2.05, 4.69) is 49.7 Å². The molecule has 0 radical (unpaired) electrons. The number of allylic oxidation sites excluding steroid dienone is 5. The minimum absolute atomic E-state index is 0.0454. The van der Waals surface area contributed by atoms with Crippen LogP contribution in [0.4, 0.5) is 0 Å². The topological polar surface area (TPSA) is 33.2 Å². The van der Waals surface area contributed by atoms with Gasteiger partial charge in [-0.05, 0) is 50.8 Å². The van der Waals surface area contributed by atoms with E-state index in [9.17, 15) is 4.79 Å². The van der Waals surface area contributed by atoms with Crippen LogP contribution in [0.1, 0.15) is 39.2 Å². The van der Waals surface area contributed by atoms with Gasteiger partial charge in [-0.2, -0.15) is 0 Å². The zero-order valence-electron chi connectivity index (χ0n) is 16.3. The minimum atomic E-state index is -0.104. The van der Waals surface area contributed by atoms with Gasteiger partial charge in [-0.3, -0.25) is 4.79 Å². The summed E-state index contributed by atoms with van der Waals surface area (Å²) in [6.45, 7) is 6.45. The van der Waals surface area contributed by atoms with Crippen LogP contribution in [0, 0.1) is 23.7 Å². The molecule has 1 fully saturated rings. The number of hydrogen-bond acceptors (Lipinski definition) is 2. The van der Waals surface area contributed by atoms with Crippen molar-refractivity contribution in [3.8, 4) is 11.8 Å². The second-order valence-electron chi connectivity index (χ2n) is 7.91. The molecule has 2 unspecified atom stereocenters. The van der Waals surface area contributed by atoms with Gasteiger partial charge in [-0.15, -0.1) is 0 Å². The number of rotatable bonds is 1. The summed E-state index contributed by atoms with van der Waals surface area (Å²) in [5.41, 5.74) is 2.85. The molecular formula is C23H25ClN2O. The van der Waals surface area contributed by atoms with Crippen molar-refractivity contribution >= 4 is 17.5 Å². The quantitative estimate of drug-likeness (QED) is 0.518. The average molecular weight is 381 g/mol. The molecule has 0 aromatic carbocycles. The lowest BCUT2D eigenvalue weighted by atomic mass is 9.82. The van der Waals surface area contributed by atoms with Gasteiger partial charge < -0.3 is 4.90 Å². The highest BCUT2D eigenvalue weighted by Crippen LogP contribution is 2.40. The number of carbonyl (C=O) groups is 1. The fourth-order valence-corrected chi connectivity index (χ4v) is 3.80. The number of halogens is 1. The summed E-state index contributed by atoms with van der Waals surface area (Å²) < 4.78 is 0. The predicted molar refractivity (Wildman–Crippen MR) is 110 cm³/mol. The van der Waals surface area contributed by atoms with Gasteiger partial charge in [0.2, 0.25) is 5.91 Å². The van der Waals surface area contributed by atoms with E-state index < -0.39 is 0 Å². The van der Waals surface area contributed by atoms with Gasteiger partial charge in [-0.25, -0.2) is 4.98 Å². The second kappa shape index (κ2) is 7.74. The van der Waals surface area contributed by atoms with Crippen molar-refractivity contribution in [3.63, 3.8) is 0 Å². The number of likely N-dealkylation sites (tertiary alicyclic amines) is 1. The number of pyridine rings is 1. The molecular weight excluding hydrogens is 356 g/mol. The van der Waals surface area contributed by atoms with Crippen LogP contribution in [0.25, 0.3) is 0 Å². The van der Waals surface area contributed by atoms with E-state index in [4.69, 9.17) is 11.6 Å². The Hall–Kier alpha value is -2.31. The van der Waals surface area contributed by atoms with Crippen molar-refractivity contribution in [2.24, 2.45) is 11.8 Å². The Balaban J connectivity index is 1.90. The zero-order chi connectivity index (χ0) is 19.6. The zero-order valence-corrected chi connectivity index (χ0v) is 17.0. The van der Waals surface area contributed by atoms with Crippen LogP contribution in [0.15, 0.2) is 53.8 Å². The molecule has 0 N–H and O–H groups in total. The molecule has 0 bridgehead atoms. The van der Waals surface area contributed by atoms with Gasteiger partial charge in [0.15, 0.2) is 0 Å². The van der Waals surface area contributed by atoms with Crippen LogP contribution >= 0.6 is 11.6 Å². The highest BCUT2D eigenvalue weighted by atomic mass is 35.5. The SMILES string of the molecule is CC1CC=CC(C#Cc2ccnc(Cl)c2)=CC=C1C1CC(C)(C)N(C)C1=O. The Morgan fingerprint density at radius 1 is 1.30 bits per heavy atom. The number of aromatic nitrogens is 1. The fraction of sp³-hybridized carbons (Fsp3) is 0.391. The Bertz CT molecular complexity index is 898. The molecule has 2 aliphatic rings. The van der Waals surface area contributed by atoms with E-state index in [1.54, 1.807) is 12.3 Å². The molecule has 27 heavy (non-hydrogen) atoms. The molecule has 1 aromatic heterocycles. The molecule has 1 aliphatic carbocycles. The number of hydrogen-bond donors (Lipinski definition) is 0. The summed E-state index contributed by atoms with van der Waals surface area (Å²) >= 11 is 5.92. The molecule has 140 valence electrons. The lowest BCUT2D eigenvalue weighted by Gasteiger charge is -2.26. The summed E-state index contributed by atoms with van der Waals surface area (Å²) in [6, 6.07) is 3.59. The molecule has 1 saturated heterocycles. The molecule has 2 atom stereocenters. The maximum Gasteiger partial charge on any atom is 0.230 e. The predicted octanol–water partition coefficient (Wildman–Crippen LogP) is 4.79. The van der Waals surface area contributed by atoms with Crippen molar-refractivity contribution in [2.75, 3.05) is 7.05 Å². The highest BCUT2D eigenvalue weighted by Gasteiger charge is 2.44. The first kappa shape index (κ1) is 19.5. The van der Waals surface area contributed by atoms with E-state index >= 15 is 0 Å². The average Bonchev–Trinajstić information content (AvgIpc) is 2.80. The van der Waals surface area contributed by atoms with Crippen LogP contribution in [0.5, 0.6) is 0 Å². The first-order chi connectivity index (χ1) is 12.8. The van der Waals surface area contributed by atoms with E-state index in [1.807, 2.05) is 30.2 Å². The molecule has 4 heteroatoms. The number of carbonyl (C=O) groups excluding carboxylic acids is 1. The lowest BCUT2D eigenvalue weighted by molar-refractivity contribution is -0.131. The van der Waals surface area contributed by atoms with Gasteiger partial charge in [0.1, 0.15) is 5.15 Å². The summed E-state index contributed by atoms with van der Waals surface area (Å²) in [7, 11) is 1.91. The van der Waals surface area contributed by atoms with Crippen molar-refractivity contribution in [1.29, 1.82) is 0 Å². The maximum absolute atomic E-state index is 12.8. The molecule has 1 aliphatic heterocycles. The monoisotopic (exact) mass is 380 g/mol. The van der Waals surface area contributed by atoms with Crippen LogP contribution < -0.4 is 0 Å². The first-order valence-corrected chi connectivity index (χ1v) is 9.65. The molecule has 2 heterocycles. The molecule has 1 amide bonds. The van der Waals surface area contributed by atoms with Crippen molar-refractivity contribution in [1.82, 2.24) is 9.88 Å². The summed E-state index contributed by atoms with van der Waals surface area (Å²) in [5.74, 6) is 6.83. The maximum atomic E-state index is 12.8. The third-order valence-electron chi connectivity index (χ3n) is 5.53. The van der Waals surface area contributed by atoms with Crippen LogP contribution in [-0.2, 0) is 4.79 Å². The van der Waals surface area contributed by atoms with E-state index in [0.29, 0.717) is 11.1 Å². The van der Waals surface area contributed by atoms with E-state index in [1.165, 1.54) is 5.57 Å². The number of amides is 1. The van der Waals surface area contributed by atoms with Gasteiger partial charge in [0.25, 0.3) is 0 Å². The normalized spacial score (nSPS) is 24.5. The Labute approximate surface area is 166 Å². The molecule has 0 saturated carbocycles. The molecule has 3 nitrogen and oxygen atoms in total. The Morgan fingerprint density at radius 2 is 2.07 bits per heavy atom. The Kier molecular flexibility index (Phi) is 5.58. The fourth-order valence-electron chi connectivity index (χ4n) is 3.62. The Morgan fingerprint density at radius 3 is 2.74 bits per heavy atom. The van der Waals surface area contributed by atoms with E-state index in [-0.39, 0.29) is 17.4 Å². The van der Waals surface area contributed by atoms with Crippen molar-refractivity contribution in [2.45, 2.75) is 39.2 Å². The lowest BCUT2D eigenvalue weighted by Crippen LogP contribution is -2.37. The third kappa shape index (κ3) is 4.34. The van der Waals surface area contributed by atoms with Crippen molar-refractivity contribution < 1.29 is 4.79 Å². The van der Waals surface area contributed by atoms with Crippen molar-refractivity contribution in [3.05, 3.63) is 64.5 Å². The second-order valence-corrected chi connectivity index (χ2v) is 8.30. The molecule has 1 aromatic rings. The van der Waals surface area contributed by atoms with Gasteiger partial charge in [0.05, 0.1) is 5.92 Å². The number of nitrogens with zero attached hydrogens (tertiary/aromatic N) is 2.